The van der Waals surface area contributed by atoms with E-state index in [1.807, 2.05) is 13.0 Å². The molecule has 2 aromatic rings. The molecule has 4 rings (SSSR count). The van der Waals surface area contributed by atoms with Crippen LogP contribution in [0.2, 0.25) is 0 Å². The van der Waals surface area contributed by atoms with E-state index in [9.17, 15) is 31.1 Å². The van der Waals surface area contributed by atoms with E-state index in [0.29, 0.717) is 30.4 Å². The quantitative estimate of drug-likeness (QED) is 0.447. The molecule has 0 spiro atoms. The number of carboxylic acid groups (broad SMARTS) is 2. The van der Waals surface area contributed by atoms with Crippen molar-refractivity contribution in [1.82, 2.24) is 20.4 Å². The van der Waals surface area contributed by atoms with E-state index < -0.39 is 24.3 Å². The number of likely N-dealkylation sites (tertiary alicyclic amines) is 1. The number of carbonyl (C=O) groups excluding carboxylic acids is 1. The highest BCUT2D eigenvalue weighted by Gasteiger charge is 2.50. The van der Waals surface area contributed by atoms with Crippen molar-refractivity contribution in [3.63, 3.8) is 0 Å². The maximum absolute atomic E-state index is 12.4. The number of hydrogen-bond acceptors (Lipinski definition) is 8. The highest BCUT2D eigenvalue weighted by atomic mass is 19.4. The number of pyridine rings is 1. The maximum Gasteiger partial charge on any atom is 0.490 e. The molecular formula is C23H26F6N4O7. The third-order valence-electron chi connectivity index (χ3n) is 6.00. The highest BCUT2D eigenvalue weighted by molar-refractivity contribution is 5.94. The van der Waals surface area contributed by atoms with Gasteiger partial charge in [0.25, 0.3) is 5.91 Å². The molecule has 0 radical (unpaired) electrons. The summed E-state index contributed by atoms with van der Waals surface area (Å²) in [4.78, 5) is 37.2. The van der Waals surface area contributed by atoms with Crippen molar-refractivity contribution >= 4 is 17.8 Å². The van der Waals surface area contributed by atoms with Gasteiger partial charge in [0.1, 0.15) is 11.3 Å². The summed E-state index contributed by atoms with van der Waals surface area (Å²) in [6.07, 6.45) is -8.70. The minimum Gasteiger partial charge on any atom is -0.475 e. The number of aromatic nitrogens is 2. The molecule has 2 fully saturated rings. The molecule has 2 aromatic heterocycles. The number of nitrogens with zero attached hydrogens (tertiary/aromatic N) is 3. The summed E-state index contributed by atoms with van der Waals surface area (Å²) < 4.78 is 74.2. The Morgan fingerprint density at radius 3 is 2.20 bits per heavy atom. The van der Waals surface area contributed by atoms with Crippen molar-refractivity contribution in [3.8, 4) is 0 Å². The van der Waals surface area contributed by atoms with Gasteiger partial charge in [-0.1, -0.05) is 11.2 Å². The first-order chi connectivity index (χ1) is 18.4. The Bertz CT molecular complexity index is 1160. The van der Waals surface area contributed by atoms with Crippen LogP contribution in [0, 0.1) is 25.2 Å². The molecule has 0 unspecified atom stereocenters. The van der Waals surface area contributed by atoms with Crippen molar-refractivity contribution < 1.29 is 60.2 Å². The predicted octanol–water partition coefficient (Wildman–Crippen LogP) is 2.83. The molecule has 3 N–H and O–H groups in total. The van der Waals surface area contributed by atoms with E-state index in [0.717, 1.165) is 37.6 Å². The van der Waals surface area contributed by atoms with Crippen LogP contribution in [0.15, 0.2) is 28.9 Å². The highest BCUT2D eigenvalue weighted by Crippen LogP contribution is 2.41. The van der Waals surface area contributed by atoms with Gasteiger partial charge >= 0.3 is 24.3 Å². The first kappa shape index (κ1) is 32.5. The molecule has 2 aliphatic rings. The number of ether oxygens (including phenoxy) is 1. The van der Waals surface area contributed by atoms with Crippen LogP contribution in [0.1, 0.15) is 27.5 Å². The first-order valence-corrected chi connectivity index (χ1v) is 11.5. The van der Waals surface area contributed by atoms with Crippen molar-refractivity contribution in [1.29, 1.82) is 0 Å². The normalized spacial score (nSPS) is 20.4. The van der Waals surface area contributed by atoms with Gasteiger partial charge in [0.15, 0.2) is 0 Å². The number of carbonyl (C=O) groups is 3. The maximum atomic E-state index is 12.4. The molecule has 17 heteroatoms. The molecule has 11 nitrogen and oxygen atoms in total. The van der Waals surface area contributed by atoms with E-state index in [1.54, 1.807) is 6.92 Å². The van der Waals surface area contributed by atoms with E-state index >= 15 is 0 Å². The van der Waals surface area contributed by atoms with Crippen molar-refractivity contribution in [2.45, 2.75) is 32.7 Å². The second-order valence-electron chi connectivity index (χ2n) is 9.10. The molecule has 222 valence electrons. The van der Waals surface area contributed by atoms with E-state index in [4.69, 9.17) is 29.1 Å². The molecule has 4 heterocycles. The molecule has 40 heavy (non-hydrogen) atoms. The van der Waals surface area contributed by atoms with E-state index in [1.165, 1.54) is 6.20 Å². The Labute approximate surface area is 223 Å². The number of halogens is 6. The molecule has 0 aliphatic carbocycles. The fourth-order valence-electron chi connectivity index (χ4n) is 4.10. The van der Waals surface area contributed by atoms with Crippen LogP contribution in [0.5, 0.6) is 0 Å². The van der Waals surface area contributed by atoms with Gasteiger partial charge in [-0.2, -0.15) is 26.3 Å². The minimum atomic E-state index is -5.08. The lowest BCUT2D eigenvalue weighted by Crippen LogP contribution is -2.43. The summed E-state index contributed by atoms with van der Waals surface area (Å²) in [5, 5.41) is 21.0. The summed E-state index contributed by atoms with van der Waals surface area (Å²) >= 11 is 0. The number of hydrogen-bond donors (Lipinski definition) is 3. The monoisotopic (exact) mass is 584 g/mol. The Hall–Kier alpha value is -3.73. The summed E-state index contributed by atoms with van der Waals surface area (Å²) in [5.74, 6) is -4.68. The molecule has 0 bridgehead atoms. The lowest BCUT2D eigenvalue weighted by molar-refractivity contribution is -0.193. The fraction of sp³-hybridized carbons (Fsp3) is 0.522. The van der Waals surface area contributed by atoms with Crippen LogP contribution in [-0.4, -0.2) is 88.3 Å². The van der Waals surface area contributed by atoms with Crippen LogP contribution in [0.25, 0.3) is 0 Å². The summed E-state index contributed by atoms with van der Waals surface area (Å²) in [7, 11) is 0. The van der Waals surface area contributed by atoms with Gasteiger partial charge in [-0.3, -0.25) is 14.7 Å². The van der Waals surface area contributed by atoms with Crippen LogP contribution in [-0.2, 0) is 20.9 Å². The van der Waals surface area contributed by atoms with Gasteiger partial charge in [-0.05, 0) is 26.0 Å². The number of amides is 1. The second kappa shape index (κ2) is 13.1. The summed E-state index contributed by atoms with van der Waals surface area (Å²) in [6.45, 7) is 8.48. The molecule has 1 amide bonds. The van der Waals surface area contributed by atoms with E-state index in [2.05, 4.69) is 32.5 Å². The minimum absolute atomic E-state index is 0.0371. The molecule has 2 saturated heterocycles. The largest absolute Gasteiger partial charge is 0.490 e. The van der Waals surface area contributed by atoms with E-state index in [-0.39, 0.29) is 11.3 Å². The third kappa shape index (κ3) is 9.18. The lowest BCUT2D eigenvalue weighted by Gasteiger charge is -2.27. The Morgan fingerprint density at radius 1 is 1.10 bits per heavy atom. The second-order valence-corrected chi connectivity index (χ2v) is 9.10. The zero-order valence-electron chi connectivity index (χ0n) is 21.2. The Kier molecular flexibility index (Phi) is 10.6. The molecular weight excluding hydrogens is 558 g/mol. The molecule has 0 saturated carbocycles. The number of aryl methyl sites for hydroxylation is 2. The number of alkyl halides is 6. The molecule has 2 aliphatic heterocycles. The number of fused-ring (bicyclic) bond motifs is 1. The zero-order chi connectivity index (χ0) is 30.3. The fourth-order valence-corrected chi connectivity index (χ4v) is 4.10. The molecule has 0 aromatic carbocycles. The van der Waals surface area contributed by atoms with Crippen LogP contribution >= 0.6 is 0 Å². The van der Waals surface area contributed by atoms with Crippen molar-refractivity contribution in [3.05, 3.63) is 47.1 Å². The van der Waals surface area contributed by atoms with Gasteiger partial charge in [0.2, 0.25) is 0 Å². The Balaban J connectivity index is 0.000000333. The molecule has 2 atom stereocenters. The smallest absolute Gasteiger partial charge is 0.475 e. The first-order valence-electron chi connectivity index (χ1n) is 11.5. The van der Waals surface area contributed by atoms with Gasteiger partial charge in [0, 0.05) is 43.2 Å². The van der Waals surface area contributed by atoms with Crippen molar-refractivity contribution in [2.75, 3.05) is 32.8 Å². The number of rotatable bonds is 5. The van der Waals surface area contributed by atoms with Gasteiger partial charge in [-0.15, -0.1) is 0 Å². The Morgan fingerprint density at radius 2 is 1.70 bits per heavy atom. The van der Waals surface area contributed by atoms with Crippen molar-refractivity contribution in [2.24, 2.45) is 11.3 Å². The van der Waals surface area contributed by atoms with Crippen LogP contribution in [0.4, 0.5) is 26.3 Å². The predicted molar refractivity (Wildman–Crippen MR) is 122 cm³/mol. The SMILES string of the molecule is Cc1cccc(CN2C[C@@H]3COC[C@]3(CNC(=O)c3cnoc3C)C2)n1.O=C(O)C(F)(F)F.O=C(O)C(F)(F)F. The van der Waals surface area contributed by atoms with Gasteiger partial charge < -0.3 is 24.8 Å². The lowest BCUT2D eigenvalue weighted by atomic mass is 9.81. The summed E-state index contributed by atoms with van der Waals surface area (Å²) in [6, 6.07) is 6.13. The topological polar surface area (TPSA) is 155 Å². The number of nitrogens with one attached hydrogen (secondary N) is 1. The van der Waals surface area contributed by atoms with Crippen LogP contribution in [0.3, 0.4) is 0 Å². The van der Waals surface area contributed by atoms with Crippen LogP contribution < -0.4 is 5.32 Å². The number of carboxylic acids is 2. The third-order valence-corrected chi connectivity index (χ3v) is 6.00. The zero-order valence-corrected chi connectivity index (χ0v) is 21.2. The standard InChI is InChI=1S/C19H24N4O3.2C2HF3O2/c1-13-4-3-5-16(22-13)8-23-7-15-9-25-12-19(15,11-23)10-20-18(24)17-6-21-26-14(17)2;2*3-2(4,5)1(6)7/h3-6,15H,7-12H2,1-2H3,(H,20,24);2*(H,6,7)/t15-,19+;;/m1../s1. The van der Waals surface area contributed by atoms with Gasteiger partial charge in [0.05, 0.1) is 25.1 Å². The number of aliphatic carboxylic acids is 2. The van der Waals surface area contributed by atoms with Gasteiger partial charge in [-0.25, -0.2) is 9.59 Å². The average Bonchev–Trinajstić information content (AvgIpc) is 3.51. The summed E-state index contributed by atoms with van der Waals surface area (Å²) in [5.41, 5.74) is 2.59. The average molecular weight is 584 g/mol.